The van der Waals surface area contributed by atoms with Crippen molar-refractivity contribution in [2.75, 3.05) is 13.1 Å². The van der Waals surface area contributed by atoms with E-state index in [0.29, 0.717) is 44.3 Å². The van der Waals surface area contributed by atoms with Crippen LogP contribution >= 0.6 is 0 Å². The molecule has 23 heavy (non-hydrogen) atoms. The van der Waals surface area contributed by atoms with Gasteiger partial charge in [-0.15, -0.1) is 0 Å². The largest absolute Gasteiger partial charge is 0.481 e. The van der Waals surface area contributed by atoms with Gasteiger partial charge >= 0.3 is 5.97 Å². The number of rotatable bonds is 4. The third-order valence-electron chi connectivity index (χ3n) is 5.28. The molecule has 2 N–H and O–H groups in total. The summed E-state index contributed by atoms with van der Waals surface area (Å²) in [7, 11) is 0. The van der Waals surface area contributed by atoms with Crippen molar-refractivity contribution in [3.8, 4) is 0 Å². The highest BCUT2D eigenvalue weighted by atomic mass is 16.5. The molecule has 1 saturated carbocycles. The van der Waals surface area contributed by atoms with Gasteiger partial charge in [-0.1, -0.05) is 5.16 Å². The molecule has 1 unspecified atom stereocenters. The smallest absolute Gasteiger partial charge is 0.309 e. The molecular weight excluding hydrogens is 300 g/mol. The quantitative estimate of drug-likeness (QED) is 0.831. The lowest BCUT2D eigenvalue weighted by atomic mass is 9.78. The molecule has 0 radical (unpaired) electrons. The lowest BCUT2D eigenvalue weighted by Crippen LogP contribution is -2.55. The van der Waals surface area contributed by atoms with Gasteiger partial charge in [0, 0.05) is 25.4 Å². The lowest BCUT2D eigenvalue weighted by molar-refractivity contribution is -0.144. The summed E-state index contributed by atoms with van der Waals surface area (Å²) in [5.74, 6) is 0.236. The first-order chi connectivity index (χ1) is 11.1. The second kappa shape index (κ2) is 5.30. The number of hydrogen-bond acceptors (Lipinski definition) is 6. The highest BCUT2D eigenvalue weighted by Gasteiger charge is 2.51. The summed E-state index contributed by atoms with van der Waals surface area (Å²) in [6, 6.07) is 0. The Morgan fingerprint density at radius 1 is 1.39 bits per heavy atom. The number of aromatic nitrogens is 2. The summed E-state index contributed by atoms with van der Waals surface area (Å²) >= 11 is 0. The van der Waals surface area contributed by atoms with E-state index < -0.39 is 17.4 Å². The van der Waals surface area contributed by atoms with Gasteiger partial charge in [0.2, 0.25) is 11.8 Å². The zero-order chi connectivity index (χ0) is 16.0. The average molecular weight is 320 g/mol. The van der Waals surface area contributed by atoms with Crippen LogP contribution in [0.15, 0.2) is 4.52 Å². The molecule has 2 aliphatic heterocycles. The summed E-state index contributed by atoms with van der Waals surface area (Å²) in [6.07, 6.45) is 3.64. The fourth-order valence-electron chi connectivity index (χ4n) is 3.73. The number of carbonyl (C=O) groups excluding carboxylic acids is 1. The van der Waals surface area contributed by atoms with E-state index in [-0.39, 0.29) is 12.3 Å². The van der Waals surface area contributed by atoms with Crippen molar-refractivity contribution in [3.63, 3.8) is 0 Å². The molecule has 0 aromatic carbocycles. The number of hydrogen-bond donors (Lipinski definition) is 2. The van der Waals surface area contributed by atoms with Crippen LogP contribution in [0.5, 0.6) is 0 Å². The SMILES string of the molecule is O=C1CC(C(=O)O)C2(CCN(Cc3nc(C4CC4)no3)CC2)N1. The van der Waals surface area contributed by atoms with Crippen molar-refractivity contribution in [2.24, 2.45) is 5.92 Å². The summed E-state index contributed by atoms with van der Waals surface area (Å²) in [5, 5.41) is 16.3. The van der Waals surface area contributed by atoms with Crippen LogP contribution in [0.4, 0.5) is 0 Å². The zero-order valence-corrected chi connectivity index (χ0v) is 12.8. The van der Waals surface area contributed by atoms with E-state index in [1.54, 1.807) is 0 Å². The van der Waals surface area contributed by atoms with Crippen molar-refractivity contribution >= 4 is 11.9 Å². The average Bonchev–Trinajstić information content (AvgIpc) is 3.18. The molecule has 1 amide bonds. The Bertz CT molecular complexity index is 631. The number of nitrogens with zero attached hydrogens (tertiary/aromatic N) is 3. The molecule has 3 heterocycles. The first kappa shape index (κ1) is 14.6. The van der Waals surface area contributed by atoms with E-state index in [1.165, 1.54) is 0 Å². The number of carbonyl (C=O) groups is 2. The summed E-state index contributed by atoms with van der Waals surface area (Å²) < 4.78 is 5.30. The Morgan fingerprint density at radius 3 is 2.78 bits per heavy atom. The monoisotopic (exact) mass is 320 g/mol. The highest BCUT2D eigenvalue weighted by molar-refractivity contribution is 5.88. The molecule has 3 aliphatic rings. The van der Waals surface area contributed by atoms with Gasteiger partial charge in [-0.3, -0.25) is 14.5 Å². The fourth-order valence-corrected chi connectivity index (χ4v) is 3.73. The predicted molar refractivity (Wildman–Crippen MR) is 77.4 cm³/mol. The fraction of sp³-hybridized carbons (Fsp3) is 0.733. The molecule has 1 aromatic rings. The molecule has 1 atom stereocenters. The van der Waals surface area contributed by atoms with Gasteiger partial charge in [-0.05, 0) is 25.7 Å². The third-order valence-corrected chi connectivity index (χ3v) is 5.28. The Kier molecular flexibility index (Phi) is 3.37. The van der Waals surface area contributed by atoms with Gasteiger partial charge < -0.3 is 14.9 Å². The van der Waals surface area contributed by atoms with Gasteiger partial charge in [0.1, 0.15) is 0 Å². The maximum absolute atomic E-state index is 11.7. The Hall–Kier alpha value is -1.96. The third kappa shape index (κ3) is 2.71. The van der Waals surface area contributed by atoms with Gasteiger partial charge in [0.05, 0.1) is 18.0 Å². The molecule has 8 nitrogen and oxygen atoms in total. The predicted octanol–water partition coefficient (Wildman–Crippen LogP) is 0.502. The maximum Gasteiger partial charge on any atom is 0.309 e. The number of carboxylic acid groups (broad SMARTS) is 1. The van der Waals surface area contributed by atoms with E-state index in [4.69, 9.17) is 4.52 Å². The number of nitrogens with one attached hydrogen (secondary N) is 1. The molecule has 3 fully saturated rings. The van der Waals surface area contributed by atoms with Crippen LogP contribution in [0.1, 0.15) is 49.7 Å². The molecule has 1 aliphatic carbocycles. The second-order valence-corrected chi connectivity index (χ2v) is 6.90. The van der Waals surface area contributed by atoms with Crippen molar-refractivity contribution in [2.45, 2.75) is 50.1 Å². The minimum Gasteiger partial charge on any atom is -0.481 e. The Balaban J connectivity index is 1.38. The molecule has 124 valence electrons. The van der Waals surface area contributed by atoms with Gasteiger partial charge in [-0.25, -0.2) is 0 Å². The lowest BCUT2D eigenvalue weighted by Gasteiger charge is -2.41. The van der Waals surface area contributed by atoms with Gasteiger partial charge in [-0.2, -0.15) is 4.98 Å². The number of amides is 1. The summed E-state index contributed by atoms with van der Waals surface area (Å²) in [4.78, 5) is 29.7. The molecule has 4 rings (SSSR count). The van der Waals surface area contributed by atoms with Crippen molar-refractivity contribution in [3.05, 3.63) is 11.7 Å². The summed E-state index contributed by atoms with van der Waals surface area (Å²) in [6.45, 7) is 2.01. The molecule has 1 spiro atoms. The highest BCUT2D eigenvalue weighted by Crippen LogP contribution is 2.39. The van der Waals surface area contributed by atoms with Crippen LogP contribution in [-0.4, -0.2) is 50.7 Å². The number of aliphatic carboxylic acids is 1. The van der Waals surface area contributed by atoms with Gasteiger partial charge in [0.15, 0.2) is 5.82 Å². The molecule has 2 saturated heterocycles. The van der Waals surface area contributed by atoms with E-state index in [2.05, 4.69) is 20.4 Å². The van der Waals surface area contributed by atoms with E-state index in [9.17, 15) is 14.7 Å². The van der Waals surface area contributed by atoms with E-state index >= 15 is 0 Å². The number of carboxylic acids is 1. The Morgan fingerprint density at radius 2 is 2.13 bits per heavy atom. The molecule has 1 aromatic heterocycles. The van der Waals surface area contributed by atoms with Crippen molar-refractivity contribution in [1.82, 2.24) is 20.4 Å². The molecule has 0 bridgehead atoms. The van der Waals surface area contributed by atoms with Crippen molar-refractivity contribution in [1.29, 1.82) is 0 Å². The maximum atomic E-state index is 11.7. The van der Waals surface area contributed by atoms with E-state index in [0.717, 1.165) is 18.7 Å². The van der Waals surface area contributed by atoms with E-state index in [1.807, 2.05) is 0 Å². The number of piperidine rings is 1. The van der Waals surface area contributed by atoms with Crippen LogP contribution in [0.25, 0.3) is 0 Å². The van der Waals surface area contributed by atoms with Crippen LogP contribution in [0, 0.1) is 5.92 Å². The summed E-state index contributed by atoms with van der Waals surface area (Å²) in [5.41, 5.74) is -0.590. The Labute approximate surface area is 133 Å². The zero-order valence-electron chi connectivity index (χ0n) is 12.8. The molecular formula is C15H20N4O4. The number of likely N-dealkylation sites (tertiary alicyclic amines) is 1. The van der Waals surface area contributed by atoms with Gasteiger partial charge in [0.25, 0.3) is 0 Å². The van der Waals surface area contributed by atoms with Crippen LogP contribution in [0.2, 0.25) is 0 Å². The minimum atomic E-state index is -0.886. The van der Waals surface area contributed by atoms with Crippen LogP contribution < -0.4 is 5.32 Å². The first-order valence-electron chi connectivity index (χ1n) is 8.14. The normalized spacial score (nSPS) is 27.3. The van der Waals surface area contributed by atoms with Crippen molar-refractivity contribution < 1.29 is 19.2 Å². The first-order valence-corrected chi connectivity index (χ1v) is 8.14. The van der Waals surface area contributed by atoms with Crippen LogP contribution in [-0.2, 0) is 16.1 Å². The second-order valence-electron chi connectivity index (χ2n) is 6.90. The standard InChI is InChI=1S/C15H20N4O4/c20-11-7-10(14(21)22)15(17-11)3-5-19(6-4-15)8-12-16-13(18-23-12)9-1-2-9/h9-10H,1-8H2,(H,17,20)(H,21,22). The molecule has 8 heteroatoms. The topological polar surface area (TPSA) is 109 Å². The van der Waals surface area contributed by atoms with Crippen LogP contribution in [0.3, 0.4) is 0 Å². The minimum absolute atomic E-state index is 0.0870.